The minimum Gasteiger partial charge on any atom is -0.330 e. The van der Waals surface area contributed by atoms with Crippen molar-refractivity contribution in [3.8, 4) is 0 Å². The molecular formula is C15H21Cl2N3O. The Labute approximate surface area is 135 Å². The van der Waals surface area contributed by atoms with E-state index in [9.17, 15) is 4.79 Å². The highest BCUT2D eigenvalue weighted by Crippen LogP contribution is 2.39. The van der Waals surface area contributed by atoms with Gasteiger partial charge in [-0.2, -0.15) is 0 Å². The van der Waals surface area contributed by atoms with Crippen LogP contribution < -0.4 is 11.1 Å². The van der Waals surface area contributed by atoms with Crippen LogP contribution in [0, 0.1) is 12.3 Å². The molecule has 1 aromatic rings. The van der Waals surface area contributed by atoms with Gasteiger partial charge in [0, 0.05) is 6.42 Å². The highest BCUT2D eigenvalue weighted by molar-refractivity contribution is 6.34. The van der Waals surface area contributed by atoms with Crippen molar-refractivity contribution in [2.45, 2.75) is 45.4 Å². The molecule has 4 nitrogen and oxygen atoms in total. The predicted octanol–water partition coefficient (Wildman–Crippen LogP) is 3.93. The van der Waals surface area contributed by atoms with Gasteiger partial charge >= 0.3 is 0 Å². The van der Waals surface area contributed by atoms with Crippen molar-refractivity contribution >= 4 is 34.8 Å². The van der Waals surface area contributed by atoms with Crippen LogP contribution in [0.2, 0.25) is 10.3 Å². The van der Waals surface area contributed by atoms with E-state index in [2.05, 4.69) is 10.3 Å². The summed E-state index contributed by atoms with van der Waals surface area (Å²) in [5.41, 5.74) is 7.20. The average molecular weight is 330 g/mol. The summed E-state index contributed by atoms with van der Waals surface area (Å²) in [6.07, 6.45) is 5.99. The topological polar surface area (TPSA) is 68.0 Å². The van der Waals surface area contributed by atoms with Crippen LogP contribution in [0.4, 0.5) is 5.69 Å². The monoisotopic (exact) mass is 329 g/mol. The number of nitrogens with zero attached hydrogens (tertiary/aromatic N) is 1. The van der Waals surface area contributed by atoms with Crippen LogP contribution in [0.25, 0.3) is 0 Å². The summed E-state index contributed by atoms with van der Waals surface area (Å²) < 4.78 is 0. The number of anilines is 1. The number of aromatic nitrogens is 1. The summed E-state index contributed by atoms with van der Waals surface area (Å²) in [6.45, 7) is 2.39. The smallest absolute Gasteiger partial charge is 0.225 e. The number of halogens is 2. The molecule has 0 bridgehead atoms. The summed E-state index contributed by atoms with van der Waals surface area (Å²) in [5.74, 6) is -0.0588. The van der Waals surface area contributed by atoms with E-state index in [1.807, 2.05) is 6.92 Å². The number of carbonyl (C=O) groups is 1. The molecule has 0 aromatic carbocycles. The molecule has 3 N–H and O–H groups in total. The maximum Gasteiger partial charge on any atom is 0.225 e. The number of aryl methyl sites for hydroxylation is 1. The first-order chi connectivity index (χ1) is 9.96. The largest absolute Gasteiger partial charge is 0.330 e. The first kappa shape index (κ1) is 16.5. The van der Waals surface area contributed by atoms with Gasteiger partial charge in [-0.05, 0) is 43.4 Å². The molecule has 0 unspecified atom stereocenters. The number of amides is 1. The number of nitrogens with two attached hydrogens (primary N) is 1. The van der Waals surface area contributed by atoms with Gasteiger partial charge in [0.25, 0.3) is 0 Å². The summed E-state index contributed by atoms with van der Waals surface area (Å²) in [5, 5.41) is 3.41. The fourth-order valence-electron chi connectivity index (χ4n) is 3.02. The maximum atomic E-state index is 12.3. The fraction of sp³-hybridized carbons (Fsp3) is 0.600. The molecule has 6 heteroatoms. The van der Waals surface area contributed by atoms with E-state index in [0.717, 1.165) is 31.2 Å². The van der Waals surface area contributed by atoms with E-state index >= 15 is 0 Å². The molecule has 0 saturated heterocycles. The molecule has 0 radical (unpaired) electrons. The lowest BCUT2D eigenvalue weighted by molar-refractivity contribution is -0.118. The molecule has 1 saturated carbocycles. The van der Waals surface area contributed by atoms with Crippen molar-refractivity contribution in [1.29, 1.82) is 0 Å². The van der Waals surface area contributed by atoms with Crippen LogP contribution in [0.1, 0.15) is 44.1 Å². The van der Waals surface area contributed by atoms with Crippen LogP contribution >= 0.6 is 23.2 Å². The Morgan fingerprint density at radius 3 is 2.62 bits per heavy atom. The molecule has 1 fully saturated rings. The van der Waals surface area contributed by atoms with E-state index in [1.165, 1.54) is 6.42 Å². The lowest BCUT2D eigenvalue weighted by Crippen LogP contribution is -2.36. The zero-order chi connectivity index (χ0) is 15.5. The summed E-state index contributed by atoms with van der Waals surface area (Å²) in [4.78, 5) is 16.3. The lowest BCUT2D eigenvalue weighted by atomic mass is 9.71. The third-order valence-corrected chi connectivity index (χ3v) is 4.76. The summed E-state index contributed by atoms with van der Waals surface area (Å²) in [7, 11) is 0. The van der Waals surface area contributed by atoms with E-state index in [1.54, 1.807) is 6.07 Å². The minimum atomic E-state index is -0.0669. The second kappa shape index (κ2) is 6.95. The Kier molecular flexibility index (Phi) is 5.47. The highest BCUT2D eigenvalue weighted by atomic mass is 35.5. The molecular weight excluding hydrogens is 309 g/mol. The van der Waals surface area contributed by atoms with Gasteiger partial charge in [0.2, 0.25) is 5.91 Å². The third-order valence-electron chi connectivity index (χ3n) is 4.29. The first-order valence-electron chi connectivity index (χ1n) is 7.28. The van der Waals surface area contributed by atoms with Crippen LogP contribution in [-0.4, -0.2) is 17.4 Å². The number of rotatable bonds is 4. The summed E-state index contributed by atoms with van der Waals surface area (Å²) in [6, 6.07) is 1.68. The molecule has 2 rings (SSSR count). The van der Waals surface area contributed by atoms with Crippen molar-refractivity contribution in [2.75, 3.05) is 11.9 Å². The van der Waals surface area contributed by atoms with Crippen molar-refractivity contribution < 1.29 is 4.79 Å². The van der Waals surface area contributed by atoms with Crippen LogP contribution in [0.15, 0.2) is 6.07 Å². The van der Waals surface area contributed by atoms with Gasteiger partial charge in [-0.3, -0.25) is 4.79 Å². The molecule has 0 aliphatic heterocycles. The quantitative estimate of drug-likeness (QED) is 0.822. The standard InChI is InChI=1S/C15H21Cl2N3O/c1-10-7-11(16)19-14(17)13(10)20-12(21)8-15(9-18)5-3-2-4-6-15/h7H,2-6,8-9,18H2,1H3,(H,20,21). The third kappa shape index (κ3) is 4.09. The van der Waals surface area contributed by atoms with Crippen molar-refractivity contribution in [3.63, 3.8) is 0 Å². The Bertz CT molecular complexity index is 505. The van der Waals surface area contributed by atoms with Crippen molar-refractivity contribution in [2.24, 2.45) is 11.1 Å². The molecule has 0 atom stereocenters. The van der Waals surface area contributed by atoms with Gasteiger partial charge in [0.15, 0.2) is 5.15 Å². The van der Waals surface area contributed by atoms with Gasteiger partial charge in [0.1, 0.15) is 5.15 Å². The van der Waals surface area contributed by atoms with Crippen molar-refractivity contribution in [1.82, 2.24) is 4.98 Å². The van der Waals surface area contributed by atoms with Gasteiger partial charge in [-0.1, -0.05) is 42.5 Å². The van der Waals surface area contributed by atoms with E-state index < -0.39 is 0 Å². The molecule has 21 heavy (non-hydrogen) atoms. The number of hydrogen-bond acceptors (Lipinski definition) is 3. The SMILES string of the molecule is Cc1cc(Cl)nc(Cl)c1NC(=O)CC1(CN)CCCCC1. The van der Waals surface area contributed by atoms with Gasteiger partial charge < -0.3 is 11.1 Å². The lowest BCUT2D eigenvalue weighted by Gasteiger charge is -2.35. The Morgan fingerprint density at radius 2 is 2.05 bits per heavy atom. The van der Waals surface area contributed by atoms with Crippen LogP contribution in [0.3, 0.4) is 0 Å². The number of pyridine rings is 1. The number of nitrogens with one attached hydrogen (secondary N) is 1. The van der Waals surface area contributed by atoms with E-state index in [-0.39, 0.29) is 16.5 Å². The molecule has 1 aliphatic rings. The second-order valence-electron chi connectivity index (χ2n) is 5.92. The van der Waals surface area contributed by atoms with Gasteiger partial charge in [-0.25, -0.2) is 4.98 Å². The van der Waals surface area contributed by atoms with E-state index in [4.69, 9.17) is 28.9 Å². The zero-order valence-electron chi connectivity index (χ0n) is 12.2. The molecule has 0 spiro atoms. The minimum absolute atomic E-state index is 0.0588. The zero-order valence-corrected chi connectivity index (χ0v) is 13.7. The molecule has 1 amide bonds. The second-order valence-corrected chi connectivity index (χ2v) is 6.66. The fourth-order valence-corrected chi connectivity index (χ4v) is 3.60. The average Bonchev–Trinajstić information content (AvgIpc) is 2.44. The summed E-state index contributed by atoms with van der Waals surface area (Å²) >= 11 is 11.9. The van der Waals surface area contributed by atoms with Crippen LogP contribution in [0.5, 0.6) is 0 Å². The molecule has 1 heterocycles. The van der Waals surface area contributed by atoms with Crippen molar-refractivity contribution in [3.05, 3.63) is 21.9 Å². The Balaban J connectivity index is 2.08. The first-order valence-corrected chi connectivity index (χ1v) is 8.04. The van der Waals surface area contributed by atoms with E-state index in [0.29, 0.717) is 23.8 Å². The van der Waals surface area contributed by atoms with Gasteiger partial charge in [-0.15, -0.1) is 0 Å². The molecule has 1 aliphatic carbocycles. The Hall–Kier alpha value is -0.840. The maximum absolute atomic E-state index is 12.3. The highest BCUT2D eigenvalue weighted by Gasteiger charge is 2.33. The number of hydrogen-bond donors (Lipinski definition) is 2. The number of carbonyl (C=O) groups excluding carboxylic acids is 1. The predicted molar refractivity (Wildman–Crippen MR) is 86.8 cm³/mol. The normalized spacial score (nSPS) is 17.5. The van der Waals surface area contributed by atoms with Crippen LogP contribution in [-0.2, 0) is 4.79 Å². The molecule has 1 aromatic heterocycles. The van der Waals surface area contributed by atoms with Gasteiger partial charge in [0.05, 0.1) is 5.69 Å². The molecule has 116 valence electrons. The Morgan fingerprint density at radius 1 is 1.38 bits per heavy atom.